The van der Waals surface area contributed by atoms with Gasteiger partial charge < -0.3 is 10.2 Å². The Balaban J connectivity index is 1.66. The fourth-order valence-corrected chi connectivity index (χ4v) is 2.43. The van der Waals surface area contributed by atoms with Crippen molar-refractivity contribution in [3.05, 3.63) is 0 Å². The summed E-state index contributed by atoms with van der Waals surface area (Å²) in [6.07, 6.45) is 4.19. The molecule has 0 bridgehead atoms. The van der Waals surface area contributed by atoms with Crippen LogP contribution in [0.15, 0.2) is 0 Å². The molecule has 0 aromatic heterocycles. The second kappa shape index (κ2) is 5.83. The smallest absolute Gasteiger partial charge is 0.0112 e. The van der Waals surface area contributed by atoms with Crippen LogP contribution in [0.25, 0.3) is 0 Å². The number of nitrogens with zero attached hydrogens (tertiary/aromatic N) is 2. The van der Waals surface area contributed by atoms with E-state index in [-0.39, 0.29) is 0 Å². The average molecular weight is 211 g/mol. The lowest BCUT2D eigenvalue weighted by Gasteiger charge is -2.25. The summed E-state index contributed by atoms with van der Waals surface area (Å²) in [5, 5.41) is 3.46. The van der Waals surface area contributed by atoms with E-state index < -0.39 is 0 Å². The Morgan fingerprint density at radius 2 is 2.13 bits per heavy atom. The van der Waals surface area contributed by atoms with Crippen molar-refractivity contribution in [2.45, 2.75) is 32.2 Å². The quantitative estimate of drug-likeness (QED) is 0.724. The van der Waals surface area contributed by atoms with Gasteiger partial charge in [-0.2, -0.15) is 0 Å². The standard InChI is InChI=1S/C12H25N3/c1-2-15(12-4-5-12)11-10-14-8-3-6-13-7-9-14/h12-13H,2-11H2,1H3. The van der Waals surface area contributed by atoms with E-state index in [0.29, 0.717) is 0 Å². The topological polar surface area (TPSA) is 18.5 Å². The van der Waals surface area contributed by atoms with Crippen molar-refractivity contribution >= 4 is 0 Å². The molecule has 2 rings (SSSR count). The highest BCUT2D eigenvalue weighted by Crippen LogP contribution is 2.26. The first-order valence-electron chi connectivity index (χ1n) is 6.57. The van der Waals surface area contributed by atoms with Crippen molar-refractivity contribution in [3.63, 3.8) is 0 Å². The van der Waals surface area contributed by atoms with E-state index in [0.717, 1.165) is 6.04 Å². The molecule has 1 N–H and O–H groups in total. The number of hydrogen-bond donors (Lipinski definition) is 1. The molecule has 3 heteroatoms. The number of likely N-dealkylation sites (N-methyl/N-ethyl adjacent to an activating group) is 1. The van der Waals surface area contributed by atoms with Crippen molar-refractivity contribution in [2.24, 2.45) is 0 Å². The summed E-state index contributed by atoms with van der Waals surface area (Å²) in [6, 6.07) is 0.931. The zero-order valence-electron chi connectivity index (χ0n) is 10.0. The maximum atomic E-state index is 3.46. The van der Waals surface area contributed by atoms with E-state index in [2.05, 4.69) is 22.0 Å². The molecule has 0 radical (unpaired) electrons. The minimum Gasteiger partial charge on any atom is -0.315 e. The molecule has 88 valence electrons. The maximum absolute atomic E-state index is 3.46. The van der Waals surface area contributed by atoms with E-state index in [1.807, 2.05) is 0 Å². The molecule has 1 heterocycles. The third-order valence-electron chi connectivity index (χ3n) is 3.61. The Kier molecular flexibility index (Phi) is 4.42. The van der Waals surface area contributed by atoms with Crippen LogP contribution >= 0.6 is 0 Å². The van der Waals surface area contributed by atoms with Gasteiger partial charge in [-0.1, -0.05) is 6.92 Å². The van der Waals surface area contributed by atoms with Crippen molar-refractivity contribution in [2.75, 3.05) is 45.8 Å². The predicted octanol–water partition coefficient (Wildman–Crippen LogP) is 0.766. The van der Waals surface area contributed by atoms with Crippen LogP contribution in [0.2, 0.25) is 0 Å². The second-order valence-corrected chi connectivity index (χ2v) is 4.80. The Hall–Kier alpha value is -0.120. The highest BCUT2D eigenvalue weighted by molar-refractivity contribution is 4.84. The lowest BCUT2D eigenvalue weighted by molar-refractivity contribution is 0.210. The fraction of sp³-hybridized carbons (Fsp3) is 1.00. The van der Waals surface area contributed by atoms with E-state index in [1.165, 1.54) is 65.1 Å². The largest absolute Gasteiger partial charge is 0.315 e. The fourth-order valence-electron chi connectivity index (χ4n) is 2.43. The molecule has 0 aromatic carbocycles. The summed E-state index contributed by atoms with van der Waals surface area (Å²) >= 11 is 0. The molecular weight excluding hydrogens is 186 g/mol. The van der Waals surface area contributed by atoms with Crippen LogP contribution in [-0.4, -0.2) is 61.7 Å². The summed E-state index contributed by atoms with van der Waals surface area (Å²) in [4.78, 5) is 5.27. The van der Waals surface area contributed by atoms with Crippen LogP contribution < -0.4 is 5.32 Å². The van der Waals surface area contributed by atoms with Crippen molar-refractivity contribution in [3.8, 4) is 0 Å². The van der Waals surface area contributed by atoms with Crippen LogP contribution in [-0.2, 0) is 0 Å². The summed E-state index contributed by atoms with van der Waals surface area (Å²) in [5.74, 6) is 0. The van der Waals surface area contributed by atoms with Gasteiger partial charge in [0.15, 0.2) is 0 Å². The minimum absolute atomic E-state index is 0.931. The third kappa shape index (κ3) is 3.74. The molecule has 1 saturated carbocycles. The Morgan fingerprint density at radius 1 is 1.27 bits per heavy atom. The molecule has 3 nitrogen and oxygen atoms in total. The van der Waals surface area contributed by atoms with Gasteiger partial charge in [-0.25, -0.2) is 0 Å². The Bertz CT molecular complexity index is 172. The highest BCUT2D eigenvalue weighted by atomic mass is 15.2. The number of rotatable bonds is 5. The first-order chi connectivity index (χ1) is 7.40. The Labute approximate surface area is 93.8 Å². The summed E-state index contributed by atoms with van der Waals surface area (Å²) in [6.45, 7) is 11.0. The predicted molar refractivity (Wildman–Crippen MR) is 64.2 cm³/mol. The maximum Gasteiger partial charge on any atom is 0.0112 e. The molecule has 0 amide bonds. The van der Waals surface area contributed by atoms with E-state index in [4.69, 9.17) is 0 Å². The first kappa shape index (κ1) is 11.4. The summed E-state index contributed by atoms with van der Waals surface area (Å²) < 4.78 is 0. The second-order valence-electron chi connectivity index (χ2n) is 4.80. The molecule has 2 fully saturated rings. The van der Waals surface area contributed by atoms with E-state index in [9.17, 15) is 0 Å². The Morgan fingerprint density at radius 3 is 2.87 bits per heavy atom. The normalized spacial score (nSPS) is 24.4. The van der Waals surface area contributed by atoms with Gasteiger partial charge in [0.2, 0.25) is 0 Å². The minimum atomic E-state index is 0.931. The molecule has 2 aliphatic rings. The zero-order chi connectivity index (χ0) is 10.5. The van der Waals surface area contributed by atoms with E-state index in [1.54, 1.807) is 0 Å². The SMILES string of the molecule is CCN(CCN1CCCNCC1)C1CC1. The van der Waals surface area contributed by atoms with Gasteiger partial charge in [0.1, 0.15) is 0 Å². The van der Waals surface area contributed by atoms with Gasteiger partial charge in [0.05, 0.1) is 0 Å². The van der Waals surface area contributed by atoms with Gasteiger partial charge in [-0.3, -0.25) is 4.90 Å². The summed E-state index contributed by atoms with van der Waals surface area (Å²) in [5.41, 5.74) is 0. The molecule has 1 saturated heterocycles. The molecule has 0 spiro atoms. The lowest BCUT2D eigenvalue weighted by Crippen LogP contribution is -2.37. The monoisotopic (exact) mass is 211 g/mol. The van der Waals surface area contributed by atoms with Crippen LogP contribution in [0.4, 0.5) is 0 Å². The van der Waals surface area contributed by atoms with Crippen molar-refractivity contribution < 1.29 is 0 Å². The first-order valence-corrected chi connectivity index (χ1v) is 6.57. The van der Waals surface area contributed by atoms with Gasteiger partial charge in [-0.05, 0) is 38.9 Å². The molecule has 1 aliphatic heterocycles. The molecule has 0 atom stereocenters. The molecule has 15 heavy (non-hydrogen) atoms. The van der Waals surface area contributed by atoms with Crippen LogP contribution in [0.5, 0.6) is 0 Å². The third-order valence-corrected chi connectivity index (χ3v) is 3.61. The van der Waals surface area contributed by atoms with E-state index >= 15 is 0 Å². The zero-order valence-corrected chi connectivity index (χ0v) is 10.0. The number of nitrogens with one attached hydrogen (secondary N) is 1. The van der Waals surface area contributed by atoms with Crippen molar-refractivity contribution in [1.82, 2.24) is 15.1 Å². The van der Waals surface area contributed by atoms with Crippen LogP contribution in [0.1, 0.15) is 26.2 Å². The molecule has 0 aromatic rings. The van der Waals surface area contributed by atoms with Gasteiger partial charge in [0, 0.05) is 32.2 Å². The molecule has 1 aliphatic carbocycles. The highest BCUT2D eigenvalue weighted by Gasteiger charge is 2.27. The van der Waals surface area contributed by atoms with Crippen LogP contribution in [0.3, 0.4) is 0 Å². The summed E-state index contributed by atoms with van der Waals surface area (Å²) in [7, 11) is 0. The van der Waals surface area contributed by atoms with Gasteiger partial charge in [0.25, 0.3) is 0 Å². The average Bonchev–Trinajstić information content (AvgIpc) is 3.05. The van der Waals surface area contributed by atoms with Gasteiger partial charge in [-0.15, -0.1) is 0 Å². The van der Waals surface area contributed by atoms with Gasteiger partial charge >= 0.3 is 0 Å². The molecular formula is C12H25N3. The van der Waals surface area contributed by atoms with Crippen LogP contribution in [0, 0.1) is 0 Å². The number of hydrogen-bond acceptors (Lipinski definition) is 3. The van der Waals surface area contributed by atoms with Crippen molar-refractivity contribution in [1.29, 1.82) is 0 Å². The lowest BCUT2D eigenvalue weighted by atomic mass is 10.3. The molecule has 0 unspecified atom stereocenters.